The number of carbonyl (C=O) groups excluding carboxylic acids is 1. The molecular formula is C26H21N9O. The van der Waals surface area contributed by atoms with Crippen LogP contribution in [0.3, 0.4) is 0 Å². The molecule has 0 saturated heterocycles. The molecule has 0 spiro atoms. The minimum Gasteiger partial charge on any atom is -0.361 e. The molecule has 6 rings (SSSR count). The van der Waals surface area contributed by atoms with Crippen LogP contribution in [0.4, 0.5) is 29.0 Å². The van der Waals surface area contributed by atoms with Gasteiger partial charge >= 0.3 is 0 Å². The Balaban J connectivity index is 1.37. The van der Waals surface area contributed by atoms with Crippen LogP contribution in [-0.2, 0) is 4.79 Å². The first-order valence-corrected chi connectivity index (χ1v) is 11.3. The molecule has 10 heteroatoms. The predicted molar refractivity (Wildman–Crippen MR) is 140 cm³/mol. The van der Waals surface area contributed by atoms with Gasteiger partial charge in [0.1, 0.15) is 6.33 Å². The quantitative estimate of drug-likeness (QED) is 0.263. The topological polar surface area (TPSA) is 125 Å². The lowest BCUT2D eigenvalue weighted by atomic mass is 10.2. The molecule has 3 heterocycles. The SMILES string of the molecule is CC(=O)Nc1cccc(Nc2ncnc(-n3c(Nc4ccc5[nH]ccc5c4)nc4ccccc43)n2)c1. The molecule has 36 heavy (non-hydrogen) atoms. The number of benzene rings is 3. The number of amides is 1. The standard InChI is InChI=1S/C26H21N9O/c1-16(36)30-18-5-4-6-19(14-18)31-24-28-15-29-25(34-24)35-23-8-3-2-7-22(23)33-26(35)32-20-9-10-21-17(13-20)11-12-27-21/h2-15,27H,1H3,(H,30,36)(H,32,33)(H,28,29,31,34). The van der Waals surface area contributed by atoms with E-state index in [1.807, 2.05) is 77.5 Å². The van der Waals surface area contributed by atoms with Crippen LogP contribution in [0, 0.1) is 0 Å². The van der Waals surface area contributed by atoms with Crippen LogP contribution in [0.25, 0.3) is 27.9 Å². The molecule has 0 aliphatic heterocycles. The highest BCUT2D eigenvalue weighted by Crippen LogP contribution is 2.27. The monoisotopic (exact) mass is 475 g/mol. The maximum Gasteiger partial charge on any atom is 0.241 e. The van der Waals surface area contributed by atoms with Gasteiger partial charge in [0.2, 0.25) is 23.8 Å². The van der Waals surface area contributed by atoms with Gasteiger partial charge in [-0.1, -0.05) is 18.2 Å². The Kier molecular flexibility index (Phi) is 5.23. The maximum atomic E-state index is 11.4. The van der Waals surface area contributed by atoms with Crippen LogP contribution in [0.1, 0.15) is 6.92 Å². The number of rotatable bonds is 6. The molecule has 0 atom stereocenters. The number of para-hydroxylation sites is 2. The highest BCUT2D eigenvalue weighted by molar-refractivity contribution is 5.89. The highest BCUT2D eigenvalue weighted by Gasteiger charge is 2.16. The first-order valence-electron chi connectivity index (χ1n) is 11.3. The summed E-state index contributed by atoms with van der Waals surface area (Å²) in [4.78, 5) is 32.8. The van der Waals surface area contributed by atoms with E-state index in [-0.39, 0.29) is 5.91 Å². The number of carbonyl (C=O) groups is 1. The lowest BCUT2D eigenvalue weighted by Crippen LogP contribution is -2.09. The van der Waals surface area contributed by atoms with E-state index >= 15 is 0 Å². The van der Waals surface area contributed by atoms with Crippen molar-refractivity contribution in [2.24, 2.45) is 0 Å². The molecule has 6 aromatic rings. The summed E-state index contributed by atoms with van der Waals surface area (Å²) >= 11 is 0. The first-order chi connectivity index (χ1) is 17.6. The van der Waals surface area contributed by atoms with Gasteiger partial charge in [-0.05, 0) is 54.6 Å². The van der Waals surface area contributed by atoms with E-state index in [1.165, 1.54) is 13.3 Å². The molecular weight excluding hydrogens is 454 g/mol. The van der Waals surface area contributed by atoms with Crippen molar-refractivity contribution >= 4 is 56.8 Å². The summed E-state index contributed by atoms with van der Waals surface area (Å²) in [5.41, 5.74) is 5.01. The summed E-state index contributed by atoms with van der Waals surface area (Å²) < 4.78 is 1.86. The Morgan fingerprint density at radius 2 is 1.72 bits per heavy atom. The number of nitrogens with zero attached hydrogens (tertiary/aromatic N) is 5. The Labute approximate surface area is 205 Å². The minimum absolute atomic E-state index is 0.141. The van der Waals surface area contributed by atoms with Crippen molar-refractivity contribution in [1.29, 1.82) is 0 Å². The largest absolute Gasteiger partial charge is 0.361 e. The average molecular weight is 476 g/mol. The normalized spacial score (nSPS) is 11.0. The fraction of sp³-hybridized carbons (Fsp3) is 0.0385. The number of H-pyrrole nitrogens is 1. The van der Waals surface area contributed by atoms with Gasteiger partial charge in [0.25, 0.3) is 0 Å². The van der Waals surface area contributed by atoms with Gasteiger partial charge in [-0.2, -0.15) is 4.98 Å². The number of aromatic amines is 1. The van der Waals surface area contributed by atoms with Crippen LogP contribution in [0.5, 0.6) is 0 Å². The number of anilines is 5. The van der Waals surface area contributed by atoms with Crippen LogP contribution >= 0.6 is 0 Å². The number of hydrogen-bond donors (Lipinski definition) is 4. The number of nitrogens with one attached hydrogen (secondary N) is 4. The van der Waals surface area contributed by atoms with Gasteiger partial charge < -0.3 is 20.9 Å². The molecule has 176 valence electrons. The molecule has 0 aliphatic carbocycles. The lowest BCUT2D eigenvalue weighted by Gasteiger charge is -2.11. The Hall–Kier alpha value is -5.25. The summed E-state index contributed by atoms with van der Waals surface area (Å²) in [7, 11) is 0. The number of imidazole rings is 1. The zero-order chi connectivity index (χ0) is 24.5. The smallest absolute Gasteiger partial charge is 0.241 e. The molecule has 10 nitrogen and oxygen atoms in total. The Morgan fingerprint density at radius 1 is 0.861 bits per heavy atom. The second kappa shape index (κ2) is 8.84. The lowest BCUT2D eigenvalue weighted by molar-refractivity contribution is -0.114. The van der Waals surface area contributed by atoms with Crippen molar-refractivity contribution in [3.8, 4) is 5.95 Å². The Morgan fingerprint density at radius 3 is 2.64 bits per heavy atom. The number of hydrogen-bond acceptors (Lipinski definition) is 7. The predicted octanol–water partition coefficient (Wildman–Crippen LogP) is 5.14. The van der Waals surface area contributed by atoms with Crippen molar-refractivity contribution < 1.29 is 4.79 Å². The zero-order valence-electron chi connectivity index (χ0n) is 19.2. The van der Waals surface area contributed by atoms with Gasteiger partial charge in [-0.15, -0.1) is 0 Å². The van der Waals surface area contributed by atoms with Crippen molar-refractivity contribution in [2.45, 2.75) is 6.92 Å². The minimum atomic E-state index is -0.141. The van der Waals surface area contributed by atoms with Crippen molar-refractivity contribution in [1.82, 2.24) is 29.5 Å². The van der Waals surface area contributed by atoms with E-state index < -0.39 is 0 Å². The van der Waals surface area contributed by atoms with E-state index in [0.29, 0.717) is 23.5 Å². The fourth-order valence-electron chi connectivity index (χ4n) is 4.04. The van der Waals surface area contributed by atoms with Gasteiger partial charge in [0.05, 0.1) is 11.0 Å². The van der Waals surface area contributed by atoms with E-state index in [9.17, 15) is 4.79 Å². The van der Waals surface area contributed by atoms with Gasteiger partial charge in [-0.3, -0.25) is 4.79 Å². The summed E-state index contributed by atoms with van der Waals surface area (Å²) in [5, 5.41) is 10.5. The molecule has 0 saturated carbocycles. The van der Waals surface area contributed by atoms with E-state index in [1.54, 1.807) is 0 Å². The number of fused-ring (bicyclic) bond motifs is 2. The van der Waals surface area contributed by atoms with Crippen LogP contribution in [0.2, 0.25) is 0 Å². The van der Waals surface area contributed by atoms with Crippen LogP contribution in [-0.4, -0.2) is 35.4 Å². The zero-order valence-corrected chi connectivity index (χ0v) is 19.2. The molecule has 0 radical (unpaired) electrons. The van der Waals surface area contributed by atoms with Crippen LogP contribution < -0.4 is 16.0 Å². The Bertz CT molecular complexity index is 1720. The molecule has 4 N–H and O–H groups in total. The second-order valence-corrected chi connectivity index (χ2v) is 8.16. The molecule has 0 aliphatic rings. The third-order valence-corrected chi connectivity index (χ3v) is 5.57. The molecule has 0 fully saturated rings. The fourth-order valence-corrected chi connectivity index (χ4v) is 4.04. The van der Waals surface area contributed by atoms with Gasteiger partial charge in [0, 0.05) is 41.1 Å². The van der Waals surface area contributed by atoms with E-state index in [4.69, 9.17) is 4.98 Å². The highest BCUT2D eigenvalue weighted by atomic mass is 16.1. The van der Waals surface area contributed by atoms with E-state index in [2.05, 4.69) is 42.0 Å². The third kappa shape index (κ3) is 4.18. The third-order valence-electron chi connectivity index (χ3n) is 5.57. The summed E-state index contributed by atoms with van der Waals surface area (Å²) in [6.07, 6.45) is 3.36. The summed E-state index contributed by atoms with van der Waals surface area (Å²) in [5.74, 6) is 1.20. The van der Waals surface area contributed by atoms with E-state index in [0.717, 1.165) is 33.3 Å². The van der Waals surface area contributed by atoms with Gasteiger partial charge in [-0.25, -0.2) is 19.5 Å². The average Bonchev–Trinajstić information content (AvgIpc) is 3.48. The maximum absolute atomic E-state index is 11.4. The second-order valence-electron chi connectivity index (χ2n) is 8.16. The molecule has 0 unspecified atom stereocenters. The molecule has 0 bridgehead atoms. The molecule has 3 aromatic carbocycles. The van der Waals surface area contributed by atoms with Gasteiger partial charge in [0.15, 0.2) is 0 Å². The molecule has 1 amide bonds. The van der Waals surface area contributed by atoms with Crippen molar-refractivity contribution in [3.63, 3.8) is 0 Å². The van der Waals surface area contributed by atoms with Crippen molar-refractivity contribution in [3.05, 3.63) is 85.3 Å². The van der Waals surface area contributed by atoms with Crippen LogP contribution in [0.15, 0.2) is 85.3 Å². The first kappa shape index (κ1) is 21.3. The molecule has 3 aromatic heterocycles. The summed E-state index contributed by atoms with van der Waals surface area (Å²) in [6.45, 7) is 1.47. The summed E-state index contributed by atoms with van der Waals surface area (Å²) in [6, 6.07) is 23.2. The number of aromatic nitrogens is 6. The van der Waals surface area contributed by atoms with Crippen molar-refractivity contribution in [2.75, 3.05) is 16.0 Å².